The molecule has 1 amide bonds. The number of hydrogen-bond acceptors (Lipinski definition) is 8. The number of aryl methyl sites for hydroxylation is 1. The molecular formula is C27H28F3N7O2. The number of aromatic nitrogens is 4. The molecule has 1 aliphatic rings. The fraction of sp³-hybridized carbons (Fsp3) is 0.296. The van der Waals surface area contributed by atoms with Gasteiger partial charge in [0.1, 0.15) is 5.82 Å². The Hall–Kier alpha value is -4.32. The van der Waals surface area contributed by atoms with Gasteiger partial charge in [0, 0.05) is 38.7 Å². The van der Waals surface area contributed by atoms with Crippen LogP contribution in [0.1, 0.15) is 23.6 Å². The highest BCUT2D eigenvalue weighted by atomic mass is 19.3. The summed E-state index contributed by atoms with van der Waals surface area (Å²) >= 11 is 0. The topological polar surface area (TPSA) is 91.5 Å². The Kier molecular flexibility index (Phi) is 8.87. The number of alkyl halides is 2. The fourth-order valence-corrected chi connectivity index (χ4v) is 4.02. The van der Waals surface area contributed by atoms with Crippen molar-refractivity contribution in [2.45, 2.75) is 25.9 Å². The number of rotatable bonds is 8. The quantitative estimate of drug-likeness (QED) is 0.302. The first-order chi connectivity index (χ1) is 18.7. The van der Waals surface area contributed by atoms with Crippen LogP contribution in [0, 0.1) is 12.7 Å². The number of amides is 1. The first-order valence-electron chi connectivity index (χ1n) is 12.1. The highest BCUT2D eigenvalue weighted by Gasteiger charge is 2.29. The summed E-state index contributed by atoms with van der Waals surface area (Å²) in [7, 11) is 3.94. The minimum Gasteiger partial charge on any atom is -0.415 e. The highest BCUT2D eigenvalue weighted by molar-refractivity contribution is 5.84. The van der Waals surface area contributed by atoms with E-state index in [9.17, 15) is 18.0 Å². The van der Waals surface area contributed by atoms with E-state index in [2.05, 4.69) is 25.1 Å². The van der Waals surface area contributed by atoms with Crippen molar-refractivity contribution >= 4 is 17.8 Å². The summed E-state index contributed by atoms with van der Waals surface area (Å²) in [5.41, 5.74) is 3.25. The van der Waals surface area contributed by atoms with Crippen LogP contribution < -0.4 is 9.80 Å². The van der Waals surface area contributed by atoms with Crippen molar-refractivity contribution in [2.24, 2.45) is 0 Å². The summed E-state index contributed by atoms with van der Waals surface area (Å²) in [6.45, 7) is 3.86. The molecule has 1 aliphatic heterocycles. The Labute approximate surface area is 223 Å². The maximum Gasteiger partial charge on any atom is 0.314 e. The highest BCUT2D eigenvalue weighted by Crippen LogP contribution is 2.33. The van der Waals surface area contributed by atoms with Crippen LogP contribution in [0.5, 0.6) is 0 Å². The summed E-state index contributed by atoms with van der Waals surface area (Å²) in [5, 5.41) is 6.87. The molecule has 0 aliphatic carbocycles. The second kappa shape index (κ2) is 12.5. The van der Waals surface area contributed by atoms with E-state index < -0.39 is 18.1 Å². The molecule has 1 saturated heterocycles. The summed E-state index contributed by atoms with van der Waals surface area (Å²) < 4.78 is 44.2. The first kappa shape index (κ1) is 27.7. The van der Waals surface area contributed by atoms with E-state index in [4.69, 9.17) is 4.42 Å². The predicted molar refractivity (Wildman–Crippen MR) is 140 cm³/mol. The molecular weight excluding hydrogens is 511 g/mol. The van der Waals surface area contributed by atoms with Gasteiger partial charge in [-0.1, -0.05) is 6.07 Å². The Bertz CT molecular complexity index is 1360. The van der Waals surface area contributed by atoms with Gasteiger partial charge in [0.05, 0.1) is 35.2 Å². The van der Waals surface area contributed by atoms with E-state index in [-0.39, 0.29) is 18.5 Å². The van der Waals surface area contributed by atoms with Gasteiger partial charge in [-0.2, -0.15) is 8.78 Å². The third-order valence-electron chi connectivity index (χ3n) is 6.19. The molecule has 9 nitrogen and oxygen atoms in total. The second-order valence-corrected chi connectivity index (χ2v) is 9.17. The molecule has 3 aromatic heterocycles. The Morgan fingerprint density at radius 3 is 2.46 bits per heavy atom. The van der Waals surface area contributed by atoms with Crippen molar-refractivity contribution in [2.75, 3.05) is 37.0 Å². The molecule has 12 heteroatoms. The van der Waals surface area contributed by atoms with Gasteiger partial charge in [0.15, 0.2) is 0 Å². The Balaban J connectivity index is 0.000000438. The van der Waals surface area contributed by atoms with Crippen LogP contribution in [-0.2, 0) is 11.3 Å². The Morgan fingerprint density at radius 2 is 1.92 bits per heavy atom. The number of halogens is 3. The van der Waals surface area contributed by atoms with Crippen molar-refractivity contribution in [3.63, 3.8) is 0 Å². The minimum absolute atomic E-state index is 0.0777. The van der Waals surface area contributed by atoms with Crippen molar-refractivity contribution < 1.29 is 22.4 Å². The van der Waals surface area contributed by atoms with Crippen LogP contribution >= 0.6 is 0 Å². The van der Waals surface area contributed by atoms with E-state index in [0.29, 0.717) is 23.4 Å². The molecule has 0 unspecified atom stereocenters. The van der Waals surface area contributed by atoms with Crippen LogP contribution in [-0.4, -0.2) is 64.7 Å². The molecule has 204 valence electrons. The van der Waals surface area contributed by atoms with E-state index in [1.165, 1.54) is 28.8 Å². The number of anilines is 2. The standard InChI is InChI=1S/C21H21F3N6O2.C6H7N/c1-28-10-16(11-28)29(2)17-6-4-14(22)7-18(17)30(12-31)9-15-5-3-13(8-25-15)20-26-27-21(32-20)19(23)24;1-6-3-2-4-7-5-6/h3-8,12,16,19H,9-11H2,1-2H3;2-5H,1H3. The predicted octanol–water partition coefficient (Wildman–Crippen LogP) is 4.51. The zero-order valence-corrected chi connectivity index (χ0v) is 21.7. The molecule has 1 aromatic carbocycles. The van der Waals surface area contributed by atoms with Crippen LogP contribution in [0.15, 0.2) is 65.5 Å². The number of hydrogen-bond donors (Lipinski definition) is 0. The largest absolute Gasteiger partial charge is 0.415 e. The molecule has 0 radical (unpaired) electrons. The third kappa shape index (κ3) is 6.96. The van der Waals surface area contributed by atoms with Crippen molar-refractivity contribution in [3.05, 3.63) is 84.0 Å². The number of benzene rings is 1. The van der Waals surface area contributed by atoms with Crippen molar-refractivity contribution in [1.82, 2.24) is 25.1 Å². The average molecular weight is 540 g/mol. The summed E-state index contributed by atoms with van der Waals surface area (Å²) in [5.74, 6) is -1.30. The third-order valence-corrected chi connectivity index (χ3v) is 6.19. The van der Waals surface area contributed by atoms with Gasteiger partial charge < -0.3 is 19.1 Å². The van der Waals surface area contributed by atoms with Gasteiger partial charge in [-0.15, -0.1) is 10.2 Å². The lowest BCUT2D eigenvalue weighted by molar-refractivity contribution is -0.107. The zero-order chi connectivity index (χ0) is 27.9. The smallest absolute Gasteiger partial charge is 0.314 e. The fourth-order valence-electron chi connectivity index (χ4n) is 4.02. The van der Waals surface area contributed by atoms with Gasteiger partial charge in [-0.3, -0.25) is 14.8 Å². The van der Waals surface area contributed by atoms with Crippen LogP contribution in [0.25, 0.3) is 11.5 Å². The van der Waals surface area contributed by atoms with E-state index >= 15 is 0 Å². The first-order valence-corrected chi connectivity index (χ1v) is 12.1. The molecule has 0 saturated carbocycles. The maximum absolute atomic E-state index is 14.0. The second-order valence-electron chi connectivity index (χ2n) is 9.17. The summed E-state index contributed by atoms with van der Waals surface area (Å²) in [6.07, 6.45) is 2.77. The molecule has 39 heavy (non-hydrogen) atoms. The van der Waals surface area contributed by atoms with E-state index in [0.717, 1.165) is 18.8 Å². The van der Waals surface area contributed by atoms with Crippen LogP contribution in [0.2, 0.25) is 0 Å². The molecule has 0 bridgehead atoms. The number of likely N-dealkylation sites (N-methyl/N-ethyl adjacent to an activating group) is 2. The number of carbonyl (C=O) groups excluding carboxylic acids is 1. The lowest BCUT2D eigenvalue weighted by atomic mass is 10.1. The SMILES string of the molecule is CN1CC(N(C)c2ccc(F)cc2N(C=O)Cc2ccc(-c3nnc(C(F)F)o3)cn2)C1.Cc1cccnc1. The molecule has 4 aromatic rings. The molecule has 0 spiro atoms. The van der Waals surface area contributed by atoms with Crippen LogP contribution in [0.4, 0.5) is 24.5 Å². The monoisotopic (exact) mass is 539 g/mol. The molecule has 4 heterocycles. The van der Waals surface area contributed by atoms with E-state index in [1.54, 1.807) is 24.4 Å². The van der Waals surface area contributed by atoms with Gasteiger partial charge in [-0.05, 0) is 55.9 Å². The minimum atomic E-state index is -2.86. The summed E-state index contributed by atoms with van der Waals surface area (Å²) in [6, 6.07) is 11.8. The molecule has 0 atom stereocenters. The number of carbonyl (C=O) groups is 1. The van der Waals surface area contributed by atoms with Crippen molar-refractivity contribution in [3.8, 4) is 11.5 Å². The number of nitrogens with zero attached hydrogens (tertiary/aromatic N) is 7. The average Bonchev–Trinajstić information content (AvgIpc) is 3.42. The normalized spacial score (nSPS) is 13.4. The van der Waals surface area contributed by atoms with Gasteiger partial charge >= 0.3 is 6.43 Å². The number of likely N-dealkylation sites (tertiary alicyclic amines) is 1. The molecule has 5 rings (SSSR count). The Morgan fingerprint density at radius 1 is 1.13 bits per heavy atom. The van der Waals surface area contributed by atoms with Gasteiger partial charge in [0.2, 0.25) is 12.3 Å². The van der Waals surface area contributed by atoms with Crippen molar-refractivity contribution in [1.29, 1.82) is 0 Å². The maximum atomic E-state index is 14.0. The van der Waals surface area contributed by atoms with E-state index in [1.807, 2.05) is 44.2 Å². The summed E-state index contributed by atoms with van der Waals surface area (Å²) in [4.78, 5) is 25.6. The zero-order valence-electron chi connectivity index (χ0n) is 21.7. The lowest BCUT2D eigenvalue weighted by Crippen LogP contribution is -2.56. The molecule has 0 N–H and O–H groups in total. The van der Waals surface area contributed by atoms with Gasteiger partial charge in [0.25, 0.3) is 5.89 Å². The van der Waals surface area contributed by atoms with Gasteiger partial charge in [-0.25, -0.2) is 4.39 Å². The number of pyridine rings is 2. The molecule has 1 fully saturated rings. The lowest BCUT2D eigenvalue weighted by Gasteiger charge is -2.44. The van der Waals surface area contributed by atoms with Crippen LogP contribution in [0.3, 0.4) is 0 Å².